The molecular formula is C22H23N3O2. The first-order valence-corrected chi connectivity index (χ1v) is 9.35. The number of amides is 2. The van der Waals surface area contributed by atoms with Crippen LogP contribution in [0.3, 0.4) is 0 Å². The molecule has 2 aromatic carbocycles. The second-order valence-electron chi connectivity index (χ2n) is 6.78. The molecule has 0 spiro atoms. The van der Waals surface area contributed by atoms with Crippen molar-refractivity contribution >= 4 is 17.5 Å². The third-order valence-corrected chi connectivity index (χ3v) is 4.98. The zero-order valence-electron chi connectivity index (χ0n) is 15.4. The van der Waals surface area contributed by atoms with Crippen LogP contribution in [0.25, 0.3) is 0 Å². The van der Waals surface area contributed by atoms with Crippen LogP contribution in [0.15, 0.2) is 48.5 Å². The topological polar surface area (TPSA) is 73.2 Å². The van der Waals surface area contributed by atoms with E-state index >= 15 is 0 Å². The number of carbonyl (C=O) groups excluding carboxylic acids is 2. The maximum atomic E-state index is 12.9. The Morgan fingerprint density at radius 1 is 1.15 bits per heavy atom. The summed E-state index contributed by atoms with van der Waals surface area (Å²) >= 11 is 0. The zero-order valence-corrected chi connectivity index (χ0v) is 15.4. The van der Waals surface area contributed by atoms with E-state index in [1.807, 2.05) is 11.0 Å². The third-order valence-electron chi connectivity index (χ3n) is 4.98. The fourth-order valence-corrected chi connectivity index (χ4v) is 3.52. The van der Waals surface area contributed by atoms with E-state index in [0.29, 0.717) is 22.4 Å². The fourth-order valence-electron chi connectivity index (χ4n) is 3.52. The number of rotatable bonds is 4. The van der Waals surface area contributed by atoms with Crippen LogP contribution in [0.1, 0.15) is 58.9 Å². The number of carbonyl (C=O) groups is 2. The van der Waals surface area contributed by atoms with Crippen LogP contribution in [0, 0.1) is 11.3 Å². The molecule has 1 unspecified atom stereocenters. The highest BCUT2D eigenvalue weighted by atomic mass is 16.2. The number of hydrogen-bond acceptors (Lipinski definition) is 3. The molecule has 5 heteroatoms. The number of anilines is 1. The average molecular weight is 361 g/mol. The summed E-state index contributed by atoms with van der Waals surface area (Å²) in [5.74, 6) is -0.312. The lowest BCUT2D eigenvalue weighted by Gasteiger charge is -2.35. The van der Waals surface area contributed by atoms with Crippen molar-refractivity contribution in [2.24, 2.45) is 0 Å². The Bertz CT molecular complexity index is 885. The normalized spacial score (nSPS) is 16.4. The van der Waals surface area contributed by atoms with E-state index < -0.39 is 0 Å². The second kappa shape index (κ2) is 8.50. The molecule has 0 saturated carbocycles. The van der Waals surface area contributed by atoms with Crippen molar-refractivity contribution in [2.75, 3.05) is 11.9 Å². The van der Waals surface area contributed by atoms with Gasteiger partial charge in [-0.2, -0.15) is 5.26 Å². The number of hydrogen-bond donors (Lipinski definition) is 1. The SMILES string of the molecule is CCC1CCCCN1C(=O)c1cccc(C(=O)Nc2cccc(C#N)c2)c1. The molecule has 1 atom stereocenters. The van der Waals surface area contributed by atoms with Gasteiger partial charge in [0.1, 0.15) is 0 Å². The second-order valence-corrected chi connectivity index (χ2v) is 6.78. The summed E-state index contributed by atoms with van der Waals surface area (Å²) in [5.41, 5.74) is 1.99. The minimum Gasteiger partial charge on any atom is -0.336 e. The Morgan fingerprint density at radius 2 is 1.93 bits per heavy atom. The van der Waals surface area contributed by atoms with E-state index in [4.69, 9.17) is 5.26 Å². The molecule has 1 aliphatic rings. The number of nitrogens with one attached hydrogen (secondary N) is 1. The number of nitrogens with zero attached hydrogens (tertiary/aromatic N) is 2. The molecule has 1 N–H and O–H groups in total. The van der Waals surface area contributed by atoms with Crippen molar-refractivity contribution in [1.82, 2.24) is 4.90 Å². The van der Waals surface area contributed by atoms with Crippen molar-refractivity contribution < 1.29 is 9.59 Å². The Kier molecular flexibility index (Phi) is 5.87. The minimum atomic E-state index is -0.301. The van der Waals surface area contributed by atoms with Crippen molar-refractivity contribution in [2.45, 2.75) is 38.6 Å². The predicted octanol–water partition coefficient (Wildman–Crippen LogP) is 4.22. The van der Waals surface area contributed by atoms with Gasteiger partial charge in [-0.15, -0.1) is 0 Å². The average Bonchev–Trinajstić information content (AvgIpc) is 2.73. The molecular weight excluding hydrogens is 338 g/mol. The summed E-state index contributed by atoms with van der Waals surface area (Å²) in [6.07, 6.45) is 4.17. The Balaban J connectivity index is 1.77. The highest BCUT2D eigenvalue weighted by molar-refractivity contribution is 6.06. The quantitative estimate of drug-likeness (QED) is 0.886. The molecule has 0 radical (unpaired) electrons. The molecule has 1 fully saturated rings. The van der Waals surface area contributed by atoms with Gasteiger partial charge in [0.05, 0.1) is 11.6 Å². The third kappa shape index (κ3) is 4.35. The lowest BCUT2D eigenvalue weighted by Crippen LogP contribution is -2.43. The maximum absolute atomic E-state index is 12.9. The van der Waals surface area contributed by atoms with Gasteiger partial charge in [0.2, 0.25) is 0 Å². The Hall–Kier alpha value is -3.13. The molecule has 0 aromatic heterocycles. The molecule has 2 amide bonds. The summed E-state index contributed by atoms with van der Waals surface area (Å²) in [5, 5.41) is 11.8. The molecule has 2 aromatic rings. The van der Waals surface area contributed by atoms with Crippen LogP contribution in [0.4, 0.5) is 5.69 Å². The Labute approximate surface area is 159 Å². The molecule has 5 nitrogen and oxygen atoms in total. The van der Waals surface area contributed by atoms with Gasteiger partial charge >= 0.3 is 0 Å². The monoisotopic (exact) mass is 361 g/mol. The first-order chi connectivity index (χ1) is 13.1. The van der Waals surface area contributed by atoms with Crippen LogP contribution in [0.2, 0.25) is 0 Å². The van der Waals surface area contributed by atoms with E-state index in [0.717, 1.165) is 32.2 Å². The molecule has 1 heterocycles. The zero-order chi connectivity index (χ0) is 19.2. The summed E-state index contributed by atoms with van der Waals surface area (Å²) in [7, 11) is 0. The van der Waals surface area contributed by atoms with E-state index in [9.17, 15) is 9.59 Å². The van der Waals surface area contributed by atoms with E-state index in [2.05, 4.69) is 12.2 Å². The fraction of sp³-hybridized carbons (Fsp3) is 0.318. The molecule has 3 rings (SSSR count). The highest BCUT2D eigenvalue weighted by Crippen LogP contribution is 2.22. The summed E-state index contributed by atoms with van der Waals surface area (Å²) < 4.78 is 0. The van der Waals surface area contributed by atoms with Gasteiger partial charge in [0.15, 0.2) is 0 Å². The standard InChI is InChI=1S/C22H23N3O2/c1-2-20-11-3-4-12-25(20)22(27)18-9-6-8-17(14-18)21(26)24-19-10-5-7-16(13-19)15-23/h5-10,13-14,20H,2-4,11-12H2,1H3,(H,24,26). The molecule has 0 bridgehead atoms. The first kappa shape index (κ1) is 18.7. The van der Waals surface area contributed by atoms with E-state index in [1.165, 1.54) is 0 Å². The lowest BCUT2D eigenvalue weighted by molar-refractivity contribution is 0.0608. The van der Waals surface area contributed by atoms with E-state index in [-0.39, 0.29) is 17.9 Å². The molecule has 27 heavy (non-hydrogen) atoms. The molecule has 0 aliphatic carbocycles. The molecule has 1 aliphatic heterocycles. The van der Waals surface area contributed by atoms with Crippen molar-refractivity contribution in [3.8, 4) is 6.07 Å². The highest BCUT2D eigenvalue weighted by Gasteiger charge is 2.26. The van der Waals surface area contributed by atoms with Gasteiger partial charge in [0.25, 0.3) is 11.8 Å². The predicted molar refractivity (Wildman–Crippen MR) is 105 cm³/mol. The number of benzene rings is 2. The summed E-state index contributed by atoms with van der Waals surface area (Å²) in [4.78, 5) is 27.5. The van der Waals surface area contributed by atoms with Crippen molar-refractivity contribution in [1.29, 1.82) is 5.26 Å². The van der Waals surface area contributed by atoms with Crippen LogP contribution in [0.5, 0.6) is 0 Å². The van der Waals surface area contributed by atoms with Crippen molar-refractivity contribution in [3.05, 3.63) is 65.2 Å². The van der Waals surface area contributed by atoms with Gasteiger partial charge in [-0.25, -0.2) is 0 Å². The van der Waals surface area contributed by atoms with Crippen LogP contribution < -0.4 is 5.32 Å². The molecule has 138 valence electrons. The first-order valence-electron chi connectivity index (χ1n) is 9.35. The van der Waals surface area contributed by atoms with Gasteiger partial charge < -0.3 is 10.2 Å². The number of nitriles is 1. The van der Waals surface area contributed by atoms with E-state index in [1.54, 1.807) is 48.5 Å². The van der Waals surface area contributed by atoms with Crippen LogP contribution >= 0.6 is 0 Å². The van der Waals surface area contributed by atoms with Crippen molar-refractivity contribution in [3.63, 3.8) is 0 Å². The number of likely N-dealkylation sites (tertiary alicyclic amines) is 1. The van der Waals surface area contributed by atoms with Gasteiger partial charge in [0, 0.05) is 29.4 Å². The minimum absolute atomic E-state index is 0.0114. The van der Waals surface area contributed by atoms with Crippen LogP contribution in [-0.2, 0) is 0 Å². The largest absolute Gasteiger partial charge is 0.336 e. The summed E-state index contributed by atoms with van der Waals surface area (Å²) in [6.45, 7) is 2.88. The smallest absolute Gasteiger partial charge is 0.255 e. The maximum Gasteiger partial charge on any atom is 0.255 e. The Morgan fingerprint density at radius 3 is 2.70 bits per heavy atom. The van der Waals surface area contributed by atoms with Gasteiger partial charge in [-0.05, 0) is 62.1 Å². The summed E-state index contributed by atoms with van der Waals surface area (Å²) in [6, 6.07) is 15.9. The number of piperidine rings is 1. The van der Waals surface area contributed by atoms with Gasteiger partial charge in [-0.1, -0.05) is 19.1 Å². The van der Waals surface area contributed by atoms with Crippen LogP contribution in [-0.4, -0.2) is 29.3 Å². The van der Waals surface area contributed by atoms with Gasteiger partial charge in [-0.3, -0.25) is 9.59 Å². The molecule has 1 saturated heterocycles. The lowest BCUT2D eigenvalue weighted by atomic mass is 9.98.